The van der Waals surface area contributed by atoms with Gasteiger partial charge in [0, 0.05) is 30.1 Å². The highest BCUT2D eigenvalue weighted by Crippen LogP contribution is 2.34. The lowest BCUT2D eigenvalue weighted by atomic mass is 10.1. The van der Waals surface area contributed by atoms with Crippen molar-refractivity contribution in [2.24, 2.45) is 0 Å². The Bertz CT molecular complexity index is 917. The summed E-state index contributed by atoms with van der Waals surface area (Å²) in [5, 5.41) is 0.473. The fraction of sp³-hybridized carbons (Fsp3) is 0.353. The fourth-order valence-electron chi connectivity index (χ4n) is 2.78. The molecular formula is C17H19ClN4O2. The van der Waals surface area contributed by atoms with E-state index in [1.165, 1.54) is 0 Å². The molecule has 0 aliphatic rings. The summed E-state index contributed by atoms with van der Waals surface area (Å²) in [7, 11) is 1.58. The summed E-state index contributed by atoms with van der Waals surface area (Å²) in [6, 6.07) is 1.85. The van der Waals surface area contributed by atoms with E-state index in [0.717, 1.165) is 30.4 Å². The summed E-state index contributed by atoms with van der Waals surface area (Å²) in [4.78, 5) is 23.6. The minimum atomic E-state index is -0.173. The van der Waals surface area contributed by atoms with Gasteiger partial charge in [-0.1, -0.05) is 31.4 Å². The summed E-state index contributed by atoms with van der Waals surface area (Å²) in [5.74, 6) is 0.629. The van der Waals surface area contributed by atoms with Gasteiger partial charge in [-0.2, -0.15) is 0 Å². The van der Waals surface area contributed by atoms with Crippen molar-refractivity contribution in [3.8, 4) is 16.9 Å². The monoisotopic (exact) mass is 346 g/mol. The van der Waals surface area contributed by atoms with Gasteiger partial charge in [0.25, 0.3) is 0 Å². The van der Waals surface area contributed by atoms with Gasteiger partial charge in [-0.25, -0.2) is 9.78 Å². The topological polar surface area (TPSA) is 72.8 Å². The van der Waals surface area contributed by atoms with Gasteiger partial charge in [0.2, 0.25) is 0 Å². The van der Waals surface area contributed by atoms with E-state index in [4.69, 9.17) is 16.3 Å². The van der Waals surface area contributed by atoms with Crippen LogP contribution in [0.5, 0.6) is 5.75 Å². The van der Waals surface area contributed by atoms with Crippen LogP contribution in [-0.4, -0.2) is 26.6 Å². The first-order valence-corrected chi connectivity index (χ1v) is 8.30. The lowest BCUT2D eigenvalue weighted by Gasteiger charge is -2.10. The second-order valence-electron chi connectivity index (χ2n) is 5.58. The molecule has 0 atom stereocenters. The predicted molar refractivity (Wildman–Crippen MR) is 94.7 cm³/mol. The number of methoxy groups -OCH3 is 1. The Kier molecular flexibility index (Phi) is 4.85. The zero-order chi connectivity index (χ0) is 17.1. The molecule has 6 nitrogen and oxygen atoms in total. The van der Waals surface area contributed by atoms with Crippen LogP contribution >= 0.6 is 11.6 Å². The highest BCUT2D eigenvalue weighted by atomic mass is 35.5. The third kappa shape index (κ3) is 3.01. The molecule has 0 bridgehead atoms. The molecule has 126 valence electrons. The Morgan fingerprint density at radius 2 is 2.12 bits per heavy atom. The first-order valence-electron chi connectivity index (χ1n) is 7.92. The molecule has 0 saturated carbocycles. The van der Waals surface area contributed by atoms with Crippen LogP contribution in [0, 0.1) is 0 Å². The number of pyridine rings is 2. The maximum absolute atomic E-state index is 12.3. The summed E-state index contributed by atoms with van der Waals surface area (Å²) < 4.78 is 6.95. The highest BCUT2D eigenvalue weighted by molar-refractivity contribution is 6.34. The van der Waals surface area contributed by atoms with Gasteiger partial charge in [0.05, 0.1) is 23.8 Å². The molecule has 0 aliphatic carbocycles. The van der Waals surface area contributed by atoms with E-state index in [2.05, 4.69) is 21.9 Å². The van der Waals surface area contributed by atoms with Crippen molar-refractivity contribution in [2.75, 3.05) is 7.11 Å². The van der Waals surface area contributed by atoms with E-state index in [1.807, 2.05) is 6.07 Å². The van der Waals surface area contributed by atoms with E-state index < -0.39 is 0 Å². The quantitative estimate of drug-likeness (QED) is 0.691. The first kappa shape index (κ1) is 16.5. The summed E-state index contributed by atoms with van der Waals surface area (Å²) in [6.07, 6.45) is 7.95. The molecule has 3 rings (SSSR count). The maximum atomic E-state index is 12.3. The molecule has 0 amide bonds. The number of fused-ring (bicyclic) bond motifs is 1. The largest absolute Gasteiger partial charge is 0.495 e. The van der Waals surface area contributed by atoms with E-state index >= 15 is 0 Å². The van der Waals surface area contributed by atoms with E-state index in [-0.39, 0.29) is 5.69 Å². The number of nitrogens with zero attached hydrogens (tertiary/aromatic N) is 3. The van der Waals surface area contributed by atoms with Gasteiger partial charge in [0.15, 0.2) is 5.65 Å². The second kappa shape index (κ2) is 7.05. The summed E-state index contributed by atoms with van der Waals surface area (Å²) >= 11 is 6.42. The number of aromatic nitrogens is 4. The number of imidazole rings is 1. The van der Waals surface area contributed by atoms with Crippen molar-refractivity contribution in [3.63, 3.8) is 0 Å². The predicted octanol–water partition coefficient (Wildman–Crippen LogP) is 3.64. The van der Waals surface area contributed by atoms with Crippen molar-refractivity contribution >= 4 is 22.8 Å². The molecule has 3 aromatic heterocycles. The number of hydrogen-bond acceptors (Lipinski definition) is 4. The zero-order valence-electron chi connectivity index (χ0n) is 13.7. The van der Waals surface area contributed by atoms with Crippen LogP contribution in [-0.2, 0) is 6.54 Å². The number of ether oxygens (including phenoxy) is 1. The van der Waals surface area contributed by atoms with Crippen LogP contribution in [0.1, 0.15) is 26.2 Å². The summed E-state index contributed by atoms with van der Waals surface area (Å²) in [6.45, 7) is 2.75. The molecule has 3 aromatic rings. The average molecular weight is 347 g/mol. The van der Waals surface area contributed by atoms with Crippen molar-refractivity contribution < 1.29 is 4.74 Å². The zero-order valence-corrected chi connectivity index (χ0v) is 14.4. The van der Waals surface area contributed by atoms with Crippen molar-refractivity contribution in [3.05, 3.63) is 40.2 Å². The number of unbranched alkanes of at least 4 members (excludes halogenated alkanes) is 2. The third-order valence-corrected chi connectivity index (χ3v) is 4.26. The highest BCUT2D eigenvalue weighted by Gasteiger charge is 2.17. The maximum Gasteiger partial charge on any atom is 0.327 e. The van der Waals surface area contributed by atoms with Crippen LogP contribution < -0.4 is 10.4 Å². The number of hydrogen-bond donors (Lipinski definition) is 1. The standard InChI is InChI=1S/C17H19ClN4O2/c1-3-4-5-6-22-15-14(11-7-12(24-2)9-19-8-11)13(18)10-20-16(15)21-17(22)23/h7-10H,3-6H2,1-2H3,(H,20,21,23). The molecule has 7 heteroatoms. The van der Waals surface area contributed by atoms with Crippen LogP contribution in [0.15, 0.2) is 29.5 Å². The second-order valence-corrected chi connectivity index (χ2v) is 5.99. The lowest BCUT2D eigenvalue weighted by molar-refractivity contribution is 0.413. The number of halogens is 1. The third-order valence-electron chi connectivity index (χ3n) is 3.97. The van der Waals surface area contributed by atoms with E-state index in [0.29, 0.717) is 28.5 Å². The number of H-pyrrole nitrogens is 1. The minimum Gasteiger partial charge on any atom is -0.495 e. The Balaban J connectivity index is 2.22. The molecule has 0 aromatic carbocycles. The number of aryl methyl sites for hydroxylation is 1. The Labute approximate surface area is 144 Å². The summed E-state index contributed by atoms with van der Waals surface area (Å²) in [5.41, 5.74) is 2.59. The van der Waals surface area contributed by atoms with Crippen molar-refractivity contribution in [2.45, 2.75) is 32.7 Å². The van der Waals surface area contributed by atoms with Crippen LogP contribution in [0.25, 0.3) is 22.3 Å². The molecule has 0 fully saturated rings. The molecule has 24 heavy (non-hydrogen) atoms. The van der Waals surface area contributed by atoms with Crippen molar-refractivity contribution in [1.82, 2.24) is 19.5 Å². The van der Waals surface area contributed by atoms with Crippen LogP contribution in [0.2, 0.25) is 5.02 Å². The van der Waals surface area contributed by atoms with Crippen molar-refractivity contribution in [1.29, 1.82) is 0 Å². The van der Waals surface area contributed by atoms with Gasteiger partial charge >= 0.3 is 5.69 Å². The first-order chi connectivity index (χ1) is 11.7. The van der Waals surface area contributed by atoms with Gasteiger partial charge in [0.1, 0.15) is 5.75 Å². The van der Waals surface area contributed by atoms with Gasteiger partial charge < -0.3 is 4.74 Å². The van der Waals surface area contributed by atoms with Gasteiger partial charge in [-0.15, -0.1) is 0 Å². The minimum absolute atomic E-state index is 0.173. The van der Waals surface area contributed by atoms with E-state index in [9.17, 15) is 4.79 Å². The van der Waals surface area contributed by atoms with E-state index in [1.54, 1.807) is 30.3 Å². The van der Waals surface area contributed by atoms with Gasteiger partial charge in [-0.3, -0.25) is 14.5 Å². The van der Waals surface area contributed by atoms with Crippen LogP contribution in [0.3, 0.4) is 0 Å². The molecule has 0 radical (unpaired) electrons. The normalized spacial score (nSPS) is 11.1. The average Bonchev–Trinajstić information content (AvgIpc) is 2.91. The smallest absolute Gasteiger partial charge is 0.327 e. The molecule has 0 aliphatic heterocycles. The van der Waals surface area contributed by atoms with Gasteiger partial charge in [-0.05, 0) is 12.5 Å². The van der Waals surface area contributed by atoms with Crippen LogP contribution in [0.4, 0.5) is 0 Å². The SMILES string of the molecule is CCCCCn1c(=O)[nH]c2ncc(Cl)c(-c3cncc(OC)c3)c21. The lowest BCUT2D eigenvalue weighted by Crippen LogP contribution is -2.17. The number of nitrogens with one attached hydrogen (secondary N) is 1. The Morgan fingerprint density at radius 1 is 1.29 bits per heavy atom. The number of rotatable bonds is 6. The molecule has 0 spiro atoms. The molecular weight excluding hydrogens is 328 g/mol. The number of aromatic amines is 1. The fourth-order valence-corrected chi connectivity index (χ4v) is 3.03. The molecule has 0 unspecified atom stereocenters. The Morgan fingerprint density at radius 3 is 2.88 bits per heavy atom. The molecule has 1 N–H and O–H groups in total. The Hall–Kier alpha value is -2.34. The molecule has 3 heterocycles. The molecule has 0 saturated heterocycles.